The summed E-state index contributed by atoms with van der Waals surface area (Å²) in [5.41, 5.74) is 0. The molecule has 144 valence electrons. The molecule has 0 spiro atoms. The van der Waals surface area contributed by atoms with Crippen LogP contribution < -0.4 is 0 Å². The zero-order valence-corrected chi connectivity index (χ0v) is 17.3. The largest absolute Gasteiger partial charge is 0.376 e. The lowest BCUT2D eigenvalue weighted by atomic mass is 10.2. The smallest absolute Gasteiger partial charge is 0.268 e. The second-order valence-electron chi connectivity index (χ2n) is 6.31. The fraction of sp³-hybridized carbons (Fsp3) is 0.333. The van der Waals surface area contributed by atoms with Crippen LogP contribution in [0.15, 0.2) is 44.7 Å². The monoisotopic (exact) mass is 431 g/mol. The van der Waals surface area contributed by atoms with Gasteiger partial charge in [0.1, 0.15) is 0 Å². The summed E-state index contributed by atoms with van der Waals surface area (Å²) in [4.78, 5) is 6.57. The van der Waals surface area contributed by atoms with Crippen molar-refractivity contribution >= 4 is 34.4 Å². The maximum atomic E-state index is 5.84. The maximum Gasteiger partial charge on any atom is 0.268 e. The number of hydrogen-bond donors (Lipinski definition) is 0. The molecule has 1 atom stereocenters. The summed E-state index contributed by atoms with van der Waals surface area (Å²) in [6.45, 7) is 1.59. The van der Waals surface area contributed by atoms with Gasteiger partial charge in [-0.15, -0.1) is 32.9 Å². The van der Waals surface area contributed by atoms with Crippen LogP contribution in [0.3, 0.4) is 0 Å². The molecule has 1 aliphatic rings. The average Bonchev–Trinajstić information content (AvgIpc) is 3.53. The molecule has 0 aromatic carbocycles. The Morgan fingerprint density at radius 2 is 2.00 bits per heavy atom. The van der Waals surface area contributed by atoms with Gasteiger partial charge in [-0.25, -0.2) is 0 Å². The number of nitrogens with zero attached hydrogens (tertiary/aromatic N) is 5. The van der Waals surface area contributed by atoms with Crippen molar-refractivity contribution in [2.75, 3.05) is 6.61 Å². The summed E-state index contributed by atoms with van der Waals surface area (Å²) < 4.78 is 13.4. The zero-order valence-electron chi connectivity index (χ0n) is 14.9. The van der Waals surface area contributed by atoms with Crippen LogP contribution in [0, 0.1) is 0 Å². The molecule has 4 aromatic rings. The Morgan fingerprint density at radius 3 is 2.75 bits per heavy atom. The molecule has 0 aliphatic carbocycles. The van der Waals surface area contributed by atoms with Gasteiger partial charge in [-0.1, -0.05) is 29.1 Å². The van der Waals surface area contributed by atoms with E-state index in [4.69, 9.17) is 9.26 Å². The van der Waals surface area contributed by atoms with Gasteiger partial charge in [-0.05, 0) is 35.7 Å². The molecule has 0 N–H and O–H groups in total. The van der Waals surface area contributed by atoms with E-state index in [1.165, 1.54) is 0 Å². The van der Waals surface area contributed by atoms with Crippen molar-refractivity contribution in [3.05, 3.63) is 40.8 Å². The SMILES string of the molecule is c1csc(-c2nc(CSc3nnc(-c4cccs4)n3C[C@H]3CCCO3)no2)c1. The highest BCUT2D eigenvalue weighted by atomic mass is 32.2. The average molecular weight is 432 g/mol. The first-order chi connectivity index (χ1) is 13.9. The standard InChI is InChI=1S/C18H17N5O2S3/c1-4-12(24-7-1)10-23-16(13-5-2-8-26-13)20-21-18(23)28-11-15-19-17(25-22-15)14-6-3-9-27-14/h2-3,5-6,8-9,12H,1,4,7,10-11H2/t12-/m1/s1. The molecule has 28 heavy (non-hydrogen) atoms. The first-order valence-electron chi connectivity index (χ1n) is 8.95. The highest BCUT2D eigenvalue weighted by molar-refractivity contribution is 7.98. The zero-order chi connectivity index (χ0) is 18.8. The fourth-order valence-electron chi connectivity index (χ4n) is 3.08. The Kier molecular flexibility index (Phi) is 5.26. The van der Waals surface area contributed by atoms with Crippen LogP contribution in [0.2, 0.25) is 0 Å². The van der Waals surface area contributed by atoms with E-state index in [0.717, 1.165) is 46.7 Å². The van der Waals surface area contributed by atoms with Gasteiger partial charge < -0.3 is 9.26 Å². The van der Waals surface area contributed by atoms with Crippen molar-refractivity contribution in [1.82, 2.24) is 24.9 Å². The summed E-state index contributed by atoms with van der Waals surface area (Å²) in [7, 11) is 0. The Morgan fingerprint density at radius 1 is 1.14 bits per heavy atom. The van der Waals surface area contributed by atoms with Gasteiger partial charge in [0.15, 0.2) is 16.8 Å². The van der Waals surface area contributed by atoms with Gasteiger partial charge in [0.2, 0.25) is 0 Å². The van der Waals surface area contributed by atoms with Crippen LogP contribution in [-0.2, 0) is 17.0 Å². The lowest BCUT2D eigenvalue weighted by Gasteiger charge is -2.13. The normalized spacial score (nSPS) is 16.8. The van der Waals surface area contributed by atoms with Crippen molar-refractivity contribution in [1.29, 1.82) is 0 Å². The minimum Gasteiger partial charge on any atom is -0.376 e. The third kappa shape index (κ3) is 3.77. The molecule has 0 amide bonds. The third-order valence-corrected chi connectivity index (χ3v) is 7.09. The van der Waals surface area contributed by atoms with E-state index < -0.39 is 0 Å². The Labute approximate surface area is 173 Å². The summed E-state index contributed by atoms with van der Waals surface area (Å²) in [5, 5.41) is 17.9. The minimum atomic E-state index is 0.213. The Hall–Kier alpha value is -2.01. The van der Waals surface area contributed by atoms with Crippen LogP contribution in [0.5, 0.6) is 0 Å². The number of ether oxygens (including phenoxy) is 1. The van der Waals surface area contributed by atoms with Gasteiger partial charge in [-0.2, -0.15) is 4.98 Å². The molecule has 1 fully saturated rings. The highest BCUT2D eigenvalue weighted by Gasteiger charge is 2.22. The van der Waals surface area contributed by atoms with E-state index in [-0.39, 0.29) is 6.10 Å². The molecule has 4 aromatic heterocycles. The van der Waals surface area contributed by atoms with Gasteiger partial charge in [0.05, 0.1) is 28.2 Å². The molecule has 1 aliphatic heterocycles. The van der Waals surface area contributed by atoms with Gasteiger partial charge in [0, 0.05) is 6.61 Å². The highest BCUT2D eigenvalue weighted by Crippen LogP contribution is 2.30. The predicted octanol–water partition coefficient (Wildman–Crippen LogP) is 4.59. The van der Waals surface area contributed by atoms with E-state index in [1.54, 1.807) is 34.4 Å². The van der Waals surface area contributed by atoms with E-state index >= 15 is 0 Å². The molecular weight excluding hydrogens is 414 g/mol. The third-order valence-electron chi connectivity index (χ3n) is 4.40. The second-order valence-corrected chi connectivity index (χ2v) is 9.15. The van der Waals surface area contributed by atoms with E-state index in [9.17, 15) is 0 Å². The van der Waals surface area contributed by atoms with E-state index in [0.29, 0.717) is 17.5 Å². The summed E-state index contributed by atoms with van der Waals surface area (Å²) in [5.74, 6) is 2.67. The van der Waals surface area contributed by atoms with E-state index in [2.05, 4.69) is 36.4 Å². The number of aromatic nitrogens is 5. The Bertz CT molecular complexity index is 1020. The molecule has 0 bridgehead atoms. The number of rotatable bonds is 7. The number of hydrogen-bond acceptors (Lipinski definition) is 9. The van der Waals surface area contributed by atoms with Crippen molar-refractivity contribution in [2.24, 2.45) is 0 Å². The van der Waals surface area contributed by atoms with Crippen LogP contribution >= 0.6 is 34.4 Å². The summed E-state index contributed by atoms with van der Waals surface area (Å²) in [6.07, 6.45) is 2.39. The van der Waals surface area contributed by atoms with Gasteiger partial charge in [0.25, 0.3) is 5.89 Å². The molecule has 5 heterocycles. The van der Waals surface area contributed by atoms with Crippen molar-refractivity contribution in [2.45, 2.75) is 36.4 Å². The molecule has 0 unspecified atom stereocenters. The lowest BCUT2D eigenvalue weighted by molar-refractivity contribution is 0.0953. The topological polar surface area (TPSA) is 78.9 Å². The van der Waals surface area contributed by atoms with E-state index in [1.807, 2.05) is 23.6 Å². The predicted molar refractivity (Wildman–Crippen MR) is 109 cm³/mol. The Balaban J connectivity index is 1.35. The van der Waals surface area contributed by atoms with Crippen LogP contribution in [0.4, 0.5) is 0 Å². The van der Waals surface area contributed by atoms with Gasteiger partial charge in [-0.3, -0.25) is 4.57 Å². The molecule has 7 nitrogen and oxygen atoms in total. The maximum absolute atomic E-state index is 5.84. The molecule has 1 saturated heterocycles. The number of thioether (sulfide) groups is 1. The molecule has 0 saturated carbocycles. The van der Waals surface area contributed by atoms with Crippen molar-refractivity contribution in [3.8, 4) is 21.5 Å². The number of thiophene rings is 2. The lowest BCUT2D eigenvalue weighted by Crippen LogP contribution is -2.16. The van der Waals surface area contributed by atoms with Crippen molar-refractivity contribution in [3.63, 3.8) is 0 Å². The van der Waals surface area contributed by atoms with Crippen LogP contribution in [-0.4, -0.2) is 37.6 Å². The van der Waals surface area contributed by atoms with Crippen molar-refractivity contribution < 1.29 is 9.26 Å². The first kappa shape index (κ1) is 18.0. The fourth-order valence-corrected chi connectivity index (χ4v) is 5.23. The molecular formula is C18H17N5O2S3. The molecule has 10 heteroatoms. The van der Waals surface area contributed by atoms with Crippen LogP contribution in [0.1, 0.15) is 18.7 Å². The second kappa shape index (κ2) is 8.16. The first-order valence-corrected chi connectivity index (χ1v) is 11.7. The van der Waals surface area contributed by atoms with Gasteiger partial charge >= 0.3 is 0 Å². The van der Waals surface area contributed by atoms with Crippen LogP contribution in [0.25, 0.3) is 21.5 Å². The molecule has 5 rings (SSSR count). The summed E-state index contributed by atoms with van der Waals surface area (Å²) >= 11 is 4.82. The molecule has 0 radical (unpaired) electrons. The minimum absolute atomic E-state index is 0.213. The quantitative estimate of drug-likeness (QED) is 0.396. The summed E-state index contributed by atoms with van der Waals surface area (Å²) in [6, 6.07) is 8.05.